The average Bonchev–Trinajstić information content (AvgIpc) is 0.865. The SMILES string of the molecule is CCCCCCCCCCOC1=C(OCCCCCCCCCC)SC(=Cc2ccc(C#Cc3cc(OCCCCCCCCCC)c(C#Cc4ccc(C=C5SC(OCCCCCCCCCC)=C(OCCCCCCCCCC)S5)cc4)cc3OCCCCCCCCCC)cc2)S1. The van der Waals surface area contributed by atoms with E-state index in [2.05, 4.69) is 138 Å². The van der Waals surface area contributed by atoms with Gasteiger partial charge in [0.25, 0.3) is 0 Å². The van der Waals surface area contributed by atoms with Crippen LogP contribution in [0.25, 0.3) is 12.2 Å². The number of benzene rings is 3. The maximum atomic E-state index is 6.75. The molecule has 6 nitrogen and oxygen atoms in total. The van der Waals surface area contributed by atoms with Gasteiger partial charge < -0.3 is 28.4 Å². The summed E-state index contributed by atoms with van der Waals surface area (Å²) in [4.78, 5) is 0. The van der Waals surface area contributed by atoms with Crippen LogP contribution >= 0.6 is 47.0 Å². The van der Waals surface area contributed by atoms with Crippen LogP contribution in [0.1, 0.15) is 383 Å². The first-order valence-electron chi connectivity index (χ1n) is 41.3. The summed E-state index contributed by atoms with van der Waals surface area (Å²) in [6, 6.07) is 21.4. The zero-order valence-corrected chi connectivity index (χ0v) is 67.5. The summed E-state index contributed by atoms with van der Waals surface area (Å²) in [7, 11) is 0. The summed E-state index contributed by atoms with van der Waals surface area (Å²) in [5, 5.41) is 3.69. The molecule has 2 heterocycles. The van der Waals surface area contributed by atoms with Crippen molar-refractivity contribution < 1.29 is 28.4 Å². The Kier molecular flexibility index (Phi) is 52.1. The molecule has 3 aromatic carbocycles. The van der Waals surface area contributed by atoms with Crippen molar-refractivity contribution in [1.29, 1.82) is 0 Å². The minimum Gasteiger partial charge on any atom is -0.492 e. The Bertz CT molecular complexity index is 2550. The van der Waals surface area contributed by atoms with Crippen LogP contribution in [0.15, 0.2) is 89.5 Å². The van der Waals surface area contributed by atoms with Gasteiger partial charge >= 0.3 is 0 Å². The van der Waals surface area contributed by atoms with Crippen LogP contribution in [0.4, 0.5) is 0 Å². The van der Waals surface area contributed by atoms with Crippen LogP contribution < -0.4 is 9.47 Å². The molecule has 100 heavy (non-hydrogen) atoms. The van der Waals surface area contributed by atoms with E-state index in [0.717, 1.165) is 143 Å². The van der Waals surface area contributed by atoms with Gasteiger partial charge in [-0.2, -0.15) is 0 Å². The second-order valence-corrected chi connectivity index (χ2v) is 32.6. The van der Waals surface area contributed by atoms with Crippen LogP contribution in [-0.2, 0) is 18.9 Å². The molecule has 0 amide bonds. The van der Waals surface area contributed by atoms with Gasteiger partial charge in [-0.25, -0.2) is 0 Å². The molecule has 0 bridgehead atoms. The lowest BCUT2D eigenvalue weighted by Crippen LogP contribution is -2.03. The highest BCUT2D eigenvalue weighted by Crippen LogP contribution is 2.52. The predicted octanol–water partition coefficient (Wildman–Crippen LogP) is 30.0. The summed E-state index contributed by atoms with van der Waals surface area (Å²) >= 11 is 6.84. The monoisotopic (exact) mass is 1440 g/mol. The molecule has 0 fully saturated rings. The van der Waals surface area contributed by atoms with Crippen molar-refractivity contribution in [3.63, 3.8) is 0 Å². The summed E-state index contributed by atoms with van der Waals surface area (Å²) in [5.74, 6) is 15.7. The maximum absolute atomic E-state index is 6.75. The van der Waals surface area contributed by atoms with E-state index in [1.165, 1.54) is 265 Å². The molecule has 0 N–H and O–H groups in total. The first-order valence-corrected chi connectivity index (χ1v) is 44.6. The molecule has 0 aliphatic carbocycles. The highest BCUT2D eigenvalue weighted by Gasteiger charge is 2.26. The summed E-state index contributed by atoms with van der Waals surface area (Å²) in [6.45, 7) is 17.9. The standard InChI is InChI=1S/C90H138O6S4/c1-7-13-19-25-31-37-43-49-67-91-83-75-82(66-64-78-57-61-80(62-58-78)74-86-99-89(95-71-53-47-41-35-29-23-17-11-5)90(100-86)96-72-54-48-42-36-30-24-18-12-6)84(92-68-50-44-38-32-26-20-14-8-2)76-81(83)65-63-77-55-59-79(60-56-77)73-85-97-87(93-69-51-45-39-33-27-21-15-9-3)88(98-85)94-70-52-46-40-34-28-22-16-10-4/h55-62,73-76H,7-54,67-72H2,1-6H3. The molecule has 0 atom stereocenters. The number of ether oxygens (including phenoxy) is 6. The lowest BCUT2D eigenvalue weighted by molar-refractivity contribution is 0.183. The van der Waals surface area contributed by atoms with Gasteiger partial charge in [0.2, 0.25) is 20.4 Å². The lowest BCUT2D eigenvalue weighted by atomic mass is 10.1. The predicted molar refractivity (Wildman–Crippen MR) is 442 cm³/mol. The second-order valence-electron chi connectivity index (χ2n) is 28.0. The lowest BCUT2D eigenvalue weighted by Gasteiger charge is -2.14. The highest BCUT2D eigenvalue weighted by atomic mass is 32.2. The minimum atomic E-state index is 0.629. The van der Waals surface area contributed by atoms with E-state index < -0.39 is 0 Å². The minimum absolute atomic E-state index is 0.629. The Hall–Kier alpha value is -4.06. The molecule has 0 radical (unpaired) electrons. The fraction of sp³-hybridized carbons (Fsp3) is 0.667. The number of rotatable bonds is 62. The molecular weight excluding hydrogens is 1310 g/mol. The van der Waals surface area contributed by atoms with Gasteiger partial charge in [-0.15, -0.1) is 0 Å². The van der Waals surface area contributed by atoms with E-state index >= 15 is 0 Å². The fourth-order valence-electron chi connectivity index (χ4n) is 12.4. The summed E-state index contributed by atoms with van der Waals surface area (Å²) in [5.41, 5.74) is 5.80. The second kappa shape index (κ2) is 60.2. The molecular formula is C90H138O6S4. The maximum Gasteiger partial charge on any atom is 0.208 e. The first-order chi connectivity index (χ1) is 49.5. The number of thioether (sulfide) groups is 4. The average molecular weight is 1440 g/mol. The van der Waals surface area contributed by atoms with Crippen molar-refractivity contribution in [2.75, 3.05) is 39.6 Å². The van der Waals surface area contributed by atoms with Crippen LogP contribution in [0.5, 0.6) is 11.5 Å². The molecule has 0 saturated carbocycles. The largest absolute Gasteiger partial charge is 0.492 e. The quantitative estimate of drug-likeness (QED) is 0.0404. The zero-order valence-electron chi connectivity index (χ0n) is 64.2. The first kappa shape index (κ1) is 86.6. The van der Waals surface area contributed by atoms with Crippen molar-refractivity contribution in [1.82, 2.24) is 0 Å². The van der Waals surface area contributed by atoms with E-state index in [-0.39, 0.29) is 0 Å². The molecule has 2 aliphatic heterocycles. The number of hydrogen-bond acceptors (Lipinski definition) is 10. The van der Waals surface area contributed by atoms with Crippen LogP contribution in [0.2, 0.25) is 0 Å². The third-order valence-electron chi connectivity index (χ3n) is 18.7. The number of unbranched alkanes of at least 4 members (excludes halogenated alkanes) is 42. The van der Waals surface area contributed by atoms with E-state index in [1.807, 2.05) is 0 Å². The molecule has 2 aliphatic rings. The van der Waals surface area contributed by atoms with Crippen molar-refractivity contribution >= 4 is 59.2 Å². The van der Waals surface area contributed by atoms with Gasteiger partial charge in [-0.05, 0) is 133 Å². The van der Waals surface area contributed by atoms with E-state index in [9.17, 15) is 0 Å². The normalized spacial score (nSPS) is 12.8. The zero-order chi connectivity index (χ0) is 70.7. The van der Waals surface area contributed by atoms with Crippen LogP contribution in [0.3, 0.4) is 0 Å². The van der Waals surface area contributed by atoms with Crippen LogP contribution in [0, 0.1) is 23.7 Å². The fourth-order valence-corrected chi connectivity index (χ4v) is 16.7. The van der Waals surface area contributed by atoms with E-state index in [0.29, 0.717) is 13.2 Å². The van der Waals surface area contributed by atoms with Crippen molar-refractivity contribution in [2.24, 2.45) is 0 Å². The molecule has 0 aromatic heterocycles. The molecule has 0 spiro atoms. The molecule has 558 valence electrons. The third-order valence-corrected chi connectivity index (χ3v) is 23.2. The van der Waals surface area contributed by atoms with Gasteiger partial charge in [0.1, 0.15) is 11.5 Å². The Morgan fingerprint density at radius 3 is 0.660 bits per heavy atom. The molecule has 5 rings (SSSR count). The van der Waals surface area contributed by atoms with Crippen LogP contribution in [-0.4, -0.2) is 39.6 Å². The van der Waals surface area contributed by atoms with Gasteiger partial charge in [-0.3, -0.25) is 0 Å². The Morgan fingerprint density at radius 1 is 0.240 bits per heavy atom. The smallest absolute Gasteiger partial charge is 0.208 e. The van der Waals surface area contributed by atoms with Gasteiger partial charge in [0.05, 0.1) is 59.2 Å². The Morgan fingerprint density at radius 2 is 0.440 bits per heavy atom. The Labute approximate surface area is 630 Å². The topological polar surface area (TPSA) is 55.4 Å². The molecule has 0 unspecified atom stereocenters. The van der Waals surface area contributed by atoms with E-state index in [4.69, 9.17) is 28.4 Å². The molecule has 10 heteroatoms. The van der Waals surface area contributed by atoms with Crippen molar-refractivity contribution in [2.45, 2.75) is 350 Å². The Balaban J connectivity index is 1.33. The van der Waals surface area contributed by atoms with Crippen molar-refractivity contribution in [3.8, 4) is 35.2 Å². The van der Waals surface area contributed by atoms with Crippen molar-refractivity contribution in [3.05, 3.63) is 123 Å². The van der Waals surface area contributed by atoms with E-state index in [1.54, 1.807) is 47.0 Å². The van der Waals surface area contributed by atoms with Gasteiger partial charge in [0, 0.05) is 23.3 Å². The summed E-state index contributed by atoms with van der Waals surface area (Å²) < 4.78 is 41.8. The molecule has 3 aromatic rings. The number of hydrogen-bond donors (Lipinski definition) is 0. The third kappa shape index (κ3) is 41.4. The molecule has 0 saturated heterocycles. The van der Waals surface area contributed by atoms with Gasteiger partial charge in [-0.1, -0.05) is 359 Å². The highest BCUT2D eigenvalue weighted by molar-refractivity contribution is 8.28. The van der Waals surface area contributed by atoms with Gasteiger partial charge in [0.15, 0.2) is 0 Å². The summed E-state index contributed by atoms with van der Waals surface area (Å²) in [6.07, 6.45) is 65.4.